The van der Waals surface area contributed by atoms with E-state index in [4.69, 9.17) is 5.73 Å². The van der Waals surface area contributed by atoms with E-state index in [0.29, 0.717) is 12.3 Å². The molecule has 0 spiro atoms. The third-order valence-electron chi connectivity index (χ3n) is 3.90. The predicted octanol–water partition coefficient (Wildman–Crippen LogP) is 2.21. The lowest BCUT2D eigenvalue weighted by atomic mass is 9.78. The summed E-state index contributed by atoms with van der Waals surface area (Å²) in [6.07, 6.45) is 4.45. The van der Waals surface area contributed by atoms with Gasteiger partial charge in [0.1, 0.15) is 0 Å². The molecule has 1 aliphatic rings. The van der Waals surface area contributed by atoms with Gasteiger partial charge in [-0.3, -0.25) is 4.79 Å². The first-order chi connectivity index (χ1) is 8.57. The summed E-state index contributed by atoms with van der Waals surface area (Å²) in [5, 5.41) is 9.51. The Labute approximate surface area is 111 Å². The molecule has 1 saturated carbocycles. The van der Waals surface area contributed by atoms with Crippen LogP contribution in [0.4, 0.5) is 0 Å². The summed E-state index contributed by atoms with van der Waals surface area (Å²) >= 11 is 1.60. The second-order valence-corrected chi connectivity index (χ2v) is 6.24. The fourth-order valence-electron chi connectivity index (χ4n) is 2.36. The summed E-state index contributed by atoms with van der Waals surface area (Å²) in [6.45, 7) is 2.20. The van der Waals surface area contributed by atoms with Crippen molar-refractivity contribution >= 4 is 17.3 Å². The molecule has 0 bridgehead atoms. The van der Waals surface area contributed by atoms with E-state index in [2.05, 4.69) is 4.98 Å². The molecular formula is C13H20N2O2S. The van der Waals surface area contributed by atoms with Crippen molar-refractivity contribution in [1.82, 2.24) is 4.98 Å². The van der Waals surface area contributed by atoms with E-state index in [-0.39, 0.29) is 6.54 Å². The van der Waals surface area contributed by atoms with E-state index >= 15 is 0 Å². The molecule has 1 aromatic heterocycles. The molecule has 1 fully saturated rings. The monoisotopic (exact) mass is 268 g/mol. The van der Waals surface area contributed by atoms with Crippen molar-refractivity contribution in [2.24, 2.45) is 17.1 Å². The fourth-order valence-corrected chi connectivity index (χ4v) is 3.14. The molecule has 0 amide bonds. The maximum Gasteiger partial charge on any atom is 0.310 e. The van der Waals surface area contributed by atoms with Gasteiger partial charge in [0.15, 0.2) is 0 Å². The predicted molar refractivity (Wildman–Crippen MR) is 71.6 cm³/mol. The first-order valence-electron chi connectivity index (χ1n) is 6.40. The number of aromatic nitrogens is 1. The largest absolute Gasteiger partial charge is 0.481 e. The number of carboxylic acid groups (broad SMARTS) is 1. The molecule has 3 N–H and O–H groups in total. The number of rotatable bonds is 7. The summed E-state index contributed by atoms with van der Waals surface area (Å²) in [5.74, 6) is -0.161. The molecular weight excluding hydrogens is 248 g/mol. The highest BCUT2D eigenvalue weighted by molar-refractivity contribution is 7.09. The van der Waals surface area contributed by atoms with Crippen LogP contribution in [0.15, 0.2) is 5.51 Å². The second kappa shape index (κ2) is 5.36. The van der Waals surface area contributed by atoms with E-state index in [0.717, 1.165) is 31.4 Å². The summed E-state index contributed by atoms with van der Waals surface area (Å²) < 4.78 is 0. The Hall–Kier alpha value is -0.940. The number of aryl methyl sites for hydroxylation is 2. The zero-order valence-corrected chi connectivity index (χ0v) is 11.5. The van der Waals surface area contributed by atoms with Gasteiger partial charge in [-0.15, -0.1) is 11.3 Å². The Morgan fingerprint density at radius 1 is 1.67 bits per heavy atom. The van der Waals surface area contributed by atoms with Crippen molar-refractivity contribution in [3.05, 3.63) is 16.1 Å². The fraction of sp³-hybridized carbons (Fsp3) is 0.692. The van der Waals surface area contributed by atoms with Gasteiger partial charge in [0, 0.05) is 11.4 Å². The smallest absolute Gasteiger partial charge is 0.310 e. The van der Waals surface area contributed by atoms with Crippen LogP contribution < -0.4 is 5.73 Å². The number of thiazole rings is 1. The summed E-state index contributed by atoms with van der Waals surface area (Å²) in [6, 6.07) is 0. The Balaban J connectivity index is 2.04. The van der Waals surface area contributed by atoms with Crippen molar-refractivity contribution in [1.29, 1.82) is 0 Å². The van der Waals surface area contributed by atoms with Gasteiger partial charge in [0.2, 0.25) is 0 Å². The standard InChI is InChI=1S/C13H20N2O2S/c1-9-11(18-8-15-9)4-5-13(7-14,12(16)17)6-10-2-3-10/h8,10H,2-7,14H2,1H3,(H,16,17). The van der Waals surface area contributed by atoms with Crippen molar-refractivity contribution in [3.8, 4) is 0 Å². The second-order valence-electron chi connectivity index (χ2n) is 5.30. The third-order valence-corrected chi connectivity index (χ3v) is 4.89. The van der Waals surface area contributed by atoms with E-state index in [1.807, 2.05) is 12.4 Å². The average molecular weight is 268 g/mol. The SMILES string of the molecule is Cc1ncsc1CCC(CN)(CC1CC1)C(=O)O. The minimum absolute atomic E-state index is 0.233. The molecule has 4 nitrogen and oxygen atoms in total. The Morgan fingerprint density at radius 2 is 2.39 bits per heavy atom. The number of carboxylic acids is 1. The lowest BCUT2D eigenvalue weighted by molar-refractivity contribution is -0.149. The van der Waals surface area contributed by atoms with Crippen LogP contribution >= 0.6 is 11.3 Å². The van der Waals surface area contributed by atoms with Crippen molar-refractivity contribution in [2.45, 2.75) is 39.0 Å². The number of hydrogen-bond donors (Lipinski definition) is 2. The topological polar surface area (TPSA) is 76.2 Å². The first kappa shape index (κ1) is 13.5. The van der Waals surface area contributed by atoms with Crippen molar-refractivity contribution in [3.63, 3.8) is 0 Å². The average Bonchev–Trinajstić information content (AvgIpc) is 3.06. The van der Waals surface area contributed by atoms with Crippen LogP contribution in [0.3, 0.4) is 0 Å². The van der Waals surface area contributed by atoms with Crippen LogP contribution in [0.25, 0.3) is 0 Å². The molecule has 0 aliphatic heterocycles. The number of aliphatic carboxylic acids is 1. The first-order valence-corrected chi connectivity index (χ1v) is 7.28. The Bertz CT molecular complexity index is 428. The highest BCUT2D eigenvalue weighted by atomic mass is 32.1. The molecule has 1 unspecified atom stereocenters. The van der Waals surface area contributed by atoms with Gasteiger partial charge in [0.05, 0.1) is 16.6 Å². The van der Waals surface area contributed by atoms with Crippen molar-refractivity contribution in [2.75, 3.05) is 6.54 Å². The normalized spacial score (nSPS) is 18.6. The minimum Gasteiger partial charge on any atom is -0.481 e. The van der Waals surface area contributed by atoms with Gasteiger partial charge in [-0.05, 0) is 32.1 Å². The van der Waals surface area contributed by atoms with Gasteiger partial charge in [-0.2, -0.15) is 0 Å². The molecule has 5 heteroatoms. The molecule has 0 aromatic carbocycles. The number of carbonyl (C=O) groups is 1. The molecule has 1 aromatic rings. The number of nitrogens with two attached hydrogens (primary N) is 1. The zero-order valence-electron chi connectivity index (χ0n) is 10.7. The third kappa shape index (κ3) is 2.90. The van der Waals surface area contributed by atoms with Crippen molar-refractivity contribution < 1.29 is 9.90 Å². The molecule has 18 heavy (non-hydrogen) atoms. The molecule has 1 atom stereocenters. The Morgan fingerprint density at radius 3 is 2.83 bits per heavy atom. The van der Waals surface area contributed by atoms with Gasteiger partial charge in [-0.25, -0.2) is 4.98 Å². The summed E-state index contributed by atoms with van der Waals surface area (Å²) in [5.41, 5.74) is 7.86. The minimum atomic E-state index is -0.738. The highest BCUT2D eigenvalue weighted by Gasteiger charge is 2.41. The maximum atomic E-state index is 11.6. The van der Waals surface area contributed by atoms with Gasteiger partial charge in [-0.1, -0.05) is 12.8 Å². The molecule has 2 rings (SSSR count). The van der Waals surface area contributed by atoms with E-state index < -0.39 is 11.4 Å². The van der Waals surface area contributed by atoms with Gasteiger partial charge >= 0.3 is 5.97 Å². The van der Waals surface area contributed by atoms with E-state index in [1.54, 1.807) is 11.3 Å². The Kier molecular flexibility index (Phi) is 4.02. The molecule has 100 valence electrons. The van der Waals surface area contributed by atoms with Gasteiger partial charge < -0.3 is 10.8 Å². The van der Waals surface area contributed by atoms with Crippen LogP contribution in [-0.2, 0) is 11.2 Å². The zero-order chi connectivity index (χ0) is 13.2. The lowest BCUT2D eigenvalue weighted by Gasteiger charge is -2.27. The molecule has 0 radical (unpaired) electrons. The maximum absolute atomic E-state index is 11.6. The van der Waals surface area contributed by atoms with Crippen LogP contribution in [0.2, 0.25) is 0 Å². The van der Waals surface area contributed by atoms with Crippen LogP contribution in [-0.4, -0.2) is 22.6 Å². The van der Waals surface area contributed by atoms with Crippen LogP contribution in [0.1, 0.15) is 36.3 Å². The quantitative estimate of drug-likeness (QED) is 0.795. The molecule has 0 saturated heterocycles. The highest BCUT2D eigenvalue weighted by Crippen LogP contribution is 2.42. The van der Waals surface area contributed by atoms with E-state index in [1.165, 1.54) is 4.88 Å². The molecule has 1 heterocycles. The van der Waals surface area contributed by atoms with Crippen LogP contribution in [0, 0.1) is 18.3 Å². The summed E-state index contributed by atoms with van der Waals surface area (Å²) in [7, 11) is 0. The van der Waals surface area contributed by atoms with E-state index in [9.17, 15) is 9.90 Å². The number of hydrogen-bond acceptors (Lipinski definition) is 4. The molecule has 1 aliphatic carbocycles. The number of nitrogens with zero attached hydrogens (tertiary/aromatic N) is 1. The van der Waals surface area contributed by atoms with Crippen LogP contribution in [0.5, 0.6) is 0 Å². The van der Waals surface area contributed by atoms with Gasteiger partial charge in [0.25, 0.3) is 0 Å². The lowest BCUT2D eigenvalue weighted by Crippen LogP contribution is -2.39. The summed E-state index contributed by atoms with van der Waals surface area (Å²) in [4.78, 5) is 17.0.